The van der Waals surface area contributed by atoms with E-state index in [4.69, 9.17) is 21.1 Å². The van der Waals surface area contributed by atoms with Gasteiger partial charge in [0.05, 0.1) is 35.9 Å². The van der Waals surface area contributed by atoms with Crippen molar-refractivity contribution in [2.45, 2.75) is 26.7 Å². The Morgan fingerprint density at radius 1 is 1.25 bits per heavy atom. The summed E-state index contributed by atoms with van der Waals surface area (Å²) in [5.41, 5.74) is 5.88. The van der Waals surface area contributed by atoms with Gasteiger partial charge in [-0.25, -0.2) is 4.98 Å². The minimum absolute atomic E-state index is 0.211. The molecule has 6 heteroatoms. The van der Waals surface area contributed by atoms with Crippen LogP contribution in [0, 0.1) is 5.92 Å². The second-order valence-electron chi connectivity index (χ2n) is 6.77. The molecule has 1 unspecified atom stereocenters. The number of hydrogen-bond donors (Lipinski definition) is 1. The van der Waals surface area contributed by atoms with E-state index in [1.165, 1.54) is 5.56 Å². The van der Waals surface area contributed by atoms with Crippen molar-refractivity contribution in [1.29, 1.82) is 0 Å². The fourth-order valence-electron chi connectivity index (χ4n) is 3.39. The largest absolute Gasteiger partial charge is 0.466 e. The highest BCUT2D eigenvalue weighted by atomic mass is 35.5. The number of H-pyrrole nitrogens is 1. The molecule has 2 aromatic heterocycles. The van der Waals surface area contributed by atoms with E-state index >= 15 is 0 Å². The average molecular weight is 401 g/mol. The van der Waals surface area contributed by atoms with Crippen LogP contribution in [0.1, 0.15) is 25.0 Å². The lowest BCUT2D eigenvalue weighted by atomic mass is 9.94. The maximum Gasteiger partial charge on any atom is 0.308 e. The molecule has 1 atom stereocenters. The zero-order valence-corrected chi connectivity index (χ0v) is 17.2. The number of rotatable bonds is 8. The maximum atomic E-state index is 12.2. The molecule has 2 heterocycles. The van der Waals surface area contributed by atoms with Crippen LogP contribution in [-0.4, -0.2) is 36.3 Å². The van der Waals surface area contributed by atoms with Crippen LogP contribution in [0.2, 0.25) is 5.15 Å². The van der Waals surface area contributed by atoms with Gasteiger partial charge in [-0.05, 0) is 37.5 Å². The number of carbonyl (C=O) groups excluding carboxylic acids is 1. The Bertz CT molecular complexity index is 968. The molecular formula is C22H25ClN2O3. The van der Waals surface area contributed by atoms with Crippen LogP contribution in [0.5, 0.6) is 0 Å². The van der Waals surface area contributed by atoms with Gasteiger partial charge in [-0.2, -0.15) is 0 Å². The van der Waals surface area contributed by atoms with Crippen molar-refractivity contribution in [2.75, 3.05) is 20.3 Å². The molecular weight excluding hydrogens is 376 g/mol. The summed E-state index contributed by atoms with van der Waals surface area (Å²) in [7, 11) is 1.70. The number of nitrogens with zero attached hydrogens (tertiary/aromatic N) is 1. The van der Waals surface area contributed by atoms with Gasteiger partial charge in [0.25, 0.3) is 0 Å². The normalized spacial score (nSPS) is 12.3. The highest BCUT2D eigenvalue weighted by molar-refractivity contribution is 6.29. The van der Waals surface area contributed by atoms with Crippen molar-refractivity contribution in [3.63, 3.8) is 0 Å². The van der Waals surface area contributed by atoms with Crippen molar-refractivity contribution in [3.05, 3.63) is 52.7 Å². The third-order valence-electron chi connectivity index (χ3n) is 4.77. The van der Waals surface area contributed by atoms with Gasteiger partial charge in [-0.15, -0.1) is 0 Å². The van der Waals surface area contributed by atoms with Gasteiger partial charge in [0, 0.05) is 18.2 Å². The molecule has 3 rings (SSSR count). The molecule has 0 saturated carbocycles. The van der Waals surface area contributed by atoms with Crippen LogP contribution in [0.4, 0.5) is 0 Å². The van der Waals surface area contributed by atoms with Gasteiger partial charge in [-0.1, -0.05) is 42.8 Å². The van der Waals surface area contributed by atoms with Gasteiger partial charge < -0.3 is 14.5 Å². The molecule has 0 radical (unpaired) electrons. The third kappa shape index (κ3) is 4.37. The van der Waals surface area contributed by atoms with Crippen LogP contribution in [-0.2, 0) is 27.1 Å². The monoisotopic (exact) mass is 400 g/mol. The molecule has 3 aromatic rings. The van der Waals surface area contributed by atoms with E-state index in [0.717, 1.165) is 34.3 Å². The summed E-state index contributed by atoms with van der Waals surface area (Å²) in [6.07, 6.45) is 1.31. The fourth-order valence-corrected chi connectivity index (χ4v) is 3.54. The Hall–Kier alpha value is -2.37. The molecule has 148 valence electrons. The third-order valence-corrected chi connectivity index (χ3v) is 4.98. The minimum Gasteiger partial charge on any atom is -0.466 e. The van der Waals surface area contributed by atoms with E-state index < -0.39 is 0 Å². The summed E-state index contributed by atoms with van der Waals surface area (Å²) in [5.74, 6) is -0.498. The van der Waals surface area contributed by atoms with Gasteiger partial charge in [0.1, 0.15) is 5.15 Å². The molecule has 0 aliphatic rings. The van der Waals surface area contributed by atoms with Gasteiger partial charge in [-0.3, -0.25) is 4.79 Å². The molecule has 5 nitrogen and oxygen atoms in total. The molecule has 0 amide bonds. The molecule has 0 aliphatic heterocycles. The number of esters is 1. The SMILES string of the molecule is CCOC(=O)C(C)Cc1c(-c2ccccc2CCOC)[nH]c2ccc(Cl)nc12. The van der Waals surface area contributed by atoms with Gasteiger partial charge in [0.15, 0.2) is 0 Å². The summed E-state index contributed by atoms with van der Waals surface area (Å²) in [5, 5.41) is 0.427. The van der Waals surface area contributed by atoms with Crippen LogP contribution in [0.15, 0.2) is 36.4 Å². The van der Waals surface area contributed by atoms with Gasteiger partial charge >= 0.3 is 5.97 Å². The van der Waals surface area contributed by atoms with Crippen molar-refractivity contribution in [2.24, 2.45) is 5.92 Å². The number of carbonyl (C=O) groups is 1. The molecule has 0 aliphatic carbocycles. The second kappa shape index (κ2) is 9.22. The number of methoxy groups -OCH3 is 1. The first kappa shape index (κ1) is 20.4. The number of pyridine rings is 1. The molecule has 0 bridgehead atoms. The Balaban J connectivity index is 2.11. The van der Waals surface area contributed by atoms with Crippen LogP contribution in [0.25, 0.3) is 22.3 Å². The van der Waals surface area contributed by atoms with E-state index in [-0.39, 0.29) is 11.9 Å². The first-order valence-electron chi connectivity index (χ1n) is 9.46. The number of hydrogen-bond acceptors (Lipinski definition) is 4. The summed E-state index contributed by atoms with van der Waals surface area (Å²) in [6, 6.07) is 11.9. The summed E-state index contributed by atoms with van der Waals surface area (Å²) in [6.45, 7) is 4.70. The predicted octanol–water partition coefficient (Wildman–Crippen LogP) is 4.81. The highest BCUT2D eigenvalue weighted by Gasteiger charge is 2.22. The Morgan fingerprint density at radius 3 is 2.79 bits per heavy atom. The molecule has 28 heavy (non-hydrogen) atoms. The number of aromatic nitrogens is 2. The van der Waals surface area contributed by atoms with Crippen LogP contribution < -0.4 is 0 Å². The summed E-state index contributed by atoms with van der Waals surface area (Å²) < 4.78 is 10.5. The number of benzene rings is 1. The Morgan fingerprint density at radius 2 is 2.04 bits per heavy atom. The predicted molar refractivity (Wildman–Crippen MR) is 112 cm³/mol. The van der Waals surface area contributed by atoms with Crippen LogP contribution in [0.3, 0.4) is 0 Å². The number of nitrogens with one attached hydrogen (secondary N) is 1. The summed E-state index contributed by atoms with van der Waals surface area (Å²) in [4.78, 5) is 20.2. The smallest absolute Gasteiger partial charge is 0.308 e. The molecule has 0 fully saturated rings. The molecule has 0 spiro atoms. The molecule has 0 saturated heterocycles. The van der Waals surface area contributed by atoms with Gasteiger partial charge in [0.2, 0.25) is 0 Å². The molecule has 1 N–H and O–H groups in total. The van der Waals surface area contributed by atoms with Crippen molar-refractivity contribution in [1.82, 2.24) is 9.97 Å². The lowest BCUT2D eigenvalue weighted by Gasteiger charge is -2.13. The second-order valence-corrected chi connectivity index (χ2v) is 7.15. The number of ether oxygens (including phenoxy) is 2. The zero-order valence-electron chi connectivity index (χ0n) is 16.4. The number of halogens is 1. The Kier molecular flexibility index (Phi) is 6.70. The maximum absolute atomic E-state index is 12.2. The standard InChI is InChI=1S/C22H25ClN2O3/c1-4-28-22(26)14(2)13-17-20(24-18-9-10-19(23)25-21(17)18)16-8-6-5-7-15(16)11-12-27-3/h5-10,14,24H,4,11-13H2,1-3H3. The summed E-state index contributed by atoms with van der Waals surface area (Å²) >= 11 is 6.16. The lowest BCUT2D eigenvalue weighted by Crippen LogP contribution is -2.17. The lowest BCUT2D eigenvalue weighted by molar-refractivity contribution is -0.147. The van der Waals surface area contributed by atoms with E-state index in [0.29, 0.717) is 24.8 Å². The first-order chi connectivity index (χ1) is 13.5. The minimum atomic E-state index is -0.287. The van der Waals surface area contributed by atoms with Crippen molar-refractivity contribution < 1.29 is 14.3 Å². The van der Waals surface area contributed by atoms with E-state index in [2.05, 4.69) is 22.1 Å². The van der Waals surface area contributed by atoms with E-state index in [9.17, 15) is 4.79 Å². The zero-order chi connectivity index (χ0) is 20.1. The Labute approximate surface area is 170 Å². The van der Waals surface area contributed by atoms with E-state index in [1.54, 1.807) is 13.2 Å². The highest BCUT2D eigenvalue weighted by Crippen LogP contribution is 2.34. The van der Waals surface area contributed by atoms with E-state index in [1.807, 2.05) is 32.0 Å². The van der Waals surface area contributed by atoms with Crippen molar-refractivity contribution in [3.8, 4) is 11.3 Å². The van der Waals surface area contributed by atoms with Crippen molar-refractivity contribution >= 4 is 28.6 Å². The number of aromatic amines is 1. The quantitative estimate of drug-likeness (QED) is 0.435. The topological polar surface area (TPSA) is 64.2 Å². The average Bonchev–Trinajstić information content (AvgIpc) is 3.04. The number of fused-ring (bicyclic) bond motifs is 1. The van der Waals surface area contributed by atoms with Crippen LogP contribution >= 0.6 is 11.6 Å². The molecule has 1 aromatic carbocycles. The fraction of sp³-hybridized carbons (Fsp3) is 0.364. The first-order valence-corrected chi connectivity index (χ1v) is 9.83.